The molecule has 18 heavy (non-hydrogen) atoms. The number of hydrazine groups is 1. The van der Waals surface area contributed by atoms with Crippen LogP contribution in [-0.4, -0.2) is 5.91 Å². The first-order valence-corrected chi connectivity index (χ1v) is 5.85. The summed E-state index contributed by atoms with van der Waals surface area (Å²) in [5.41, 5.74) is 2.76. The van der Waals surface area contributed by atoms with Crippen LogP contribution >= 0.6 is 0 Å². The summed E-state index contributed by atoms with van der Waals surface area (Å²) in [6.45, 7) is 1.97. The molecule has 0 bridgehead atoms. The minimum absolute atomic E-state index is 0.119. The normalized spacial score (nSPS) is 10.1. The van der Waals surface area contributed by atoms with E-state index >= 15 is 0 Å². The van der Waals surface area contributed by atoms with Crippen molar-refractivity contribution in [3.05, 3.63) is 65.7 Å². The van der Waals surface area contributed by atoms with Crippen molar-refractivity contribution in [3.63, 3.8) is 0 Å². The standard InChI is InChI=1S/C15H16N2O/c1-12-6-5-9-14(10-12)17(16)15(18)11-13-7-3-2-4-8-13/h2-10H,11,16H2,1H3. The van der Waals surface area contributed by atoms with E-state index in [4.69, 9.17) is 5.84 Å². The molecule has 0 heterocycles. The summed E-state index contributed by atoms with van der Waals surface area (Å²) in [6.07, 6.45) is 0.311. The molecular weight excluding hydrogens is 224 g/mol. The largest absolute Gasteiger partial charge is 0.273 e. The zero-order chi connectivity index (χ0) is 13.0. The molecule has 2 aromatic rings. The van der Waals surface area contributed by atoms with E-state index in [1.165, 1.54) is 5.01 Å². The average molecular weight is 240 g/mol. The Labute approximate surface area is 107 Å². The van der Waals surface area contributed by atoms with Crippen molar-refractivity contribution in [1.82, 2.24) is 0 Å². The van der Waals surface area contributed by atoms with Crippen LogP contribution in [-0.2, 0) is 11.2 Å². The second-order valence-electron chi connectivity index (χ2n) is 4.27. The van der Waals surface area contributed by atoms with Crippen LogP contribution in [0.5, 0.6) is 0 Å². The van der Waals surface area contributed by atoms with E-state index in [2.05, 4.69) is 0 Å². The molecule has 0 aliphatic heterocycles. The van der Waals surface area contributed by atoms with E-state index in [1.807, 2.05) is 61.5 Å². The number of benzene rings is 2. The summed E-state index contributed by atoms with van der Waals surface area (Å²) >= 11 is 0. The molecule has 0 saturated heterocycles. The van der Waals surface area contributed by atoms with Crippen LogP contribution in [0, 0.1) is 6.92 Å². The maximum atomic E-state index is 12.0. The Morgan fingerprint density at radius 3 is 2.50 bits per heavy atom. The third kappa shape index (κ3) is 2.96. The van der Waals surface area contributed by atoms with E-state index in [-0.39, 0.29) is 5.91 Å². The van der Waals surface area contributed by atoms with E-state index in [0.717, 1.165) is 16.8 Å². The monoisotopic (exact) mass is 240 g/mol. The quantitative estimate of drug-likeness (QED) is 0.509. The van der Waals surface area contributed by atoms with Crippen LogP contribution in [0.4, 0.5) is 5.69 Å². The minimum Gasteiger partial charge on any atom is -0.273 e. The fourth-order valence-corrected chi connectivity index (χ4v) is 1.78. The van der Waals surface area contributed by atoms with Crippen LogP contribution in [0.25, 0.3) is 0 Å². The van der Waals surface area contributed by atoms with Gasteiger partial charge in [-0.1, -0.05) is 42.5 Å². The molecule has 0 aliphatic carbocycles. The van der Waals surface area contributed by atoms with Crippen molar-refractivity contribution < 1.29 is 4.79 Å². The molecule has 2 aromatic carbocycles. The van der Waals surface area contributed by atoms with E-state index in [9.17, 15) is 4.79 Å². The van der Waals surface area contributed by atoms with Gasteiger partial charge in [-0.2, -0.15) is 0 Å². The lowest BCUT2D eigenvalue weighted by Gasteiger charge is -2.17. The number of carbonyl (C=O) groups excluding carboxylic acids is 1. The van der Waals surface area contributed by atoms with Gasteiger partial charge in [0.1, 0.15) is 0 Å². The van der Waals surface area contributed by atoms with Crippen molar-refractivity contribution in [2.24, 2.45) is 5.84 Å². The number of amides is 1. The highest BCUT2D eigenvalue weighted by Gasteiger charge is 2.12. The fourth-order valence-electron chi connectivity index (χ4n) is 1.78. The van der Waals surface area contributed by atoms with Gasteiger partial charge in [0.2, 0.25) is 5.91 Å². The summed E-state index contributed by atoms with van der Waals surface area (Å²) in [4.78, 5) is 12.0. The predicted octanol–water partition coefficient (Wildman–Crippen LogP) is 2.44. The average Bonchev–Trinajstić information content (AvgIpc) is 2.39. The molecule has 0 aliphatic rings. The molecule has 0 spiro atoms. The van der Waals surface area contributed by atoms with Crippen LogP contribution < -0.4 is 10.9 Å². The summed E-state index contributed by atoms with van der Waals surface area (Å²) < 4.78 is 0. The maximum Gasteiger partial charge on any atom is 0.245 e. The van der Waals surface area contributed by atoms with Crippen LogP contribution in [0.15, 0.2) is 54.6 Å². The summed E-state index contributed by atoms with van der Waals surface area (Å²) in [5, 5.41) is 1.21. The molecular formula is C15H16N2O. The van der Waals surface area contributed by atoms with Crippen molar-refractivity contribution in [2.45, 2.75) is 13.3 Å². The lowest BCUT2D eigenvalue weighted by molar-refractivity contribution is -0.118. The number of nitrogens with zero attached hydrogens (tertiary/aromatic N) is 1. The van der Waals surface area contributed by atoms with E-state index in [0.29, 0.717) is 6.42 Å². The SMILES string of the molecule is Cc1cccc(N(N)C(=O)Cc2ccccc2)c1. The highest BCUT2D eigenvalue weighted by molar-refractivity contribution is 5.93. The highest BCUT2D eigenvalue weighted by Crippen LogP contribution is 2.14. The van der Waals surface area contributed by atoms with E-state index in [1.54, 1.807) is 0 Å². The number of rotatable bonds is 3. The first-order valence-electron chi connectivity index (χ1n) is 5.85. The Morgan fingerprint density at radius 1 is 1.11 bits per heavy atom. The molecule has 3 heteroatoms. The molecule has 3 nitrogen and oxygen atoms in total. The molecule has 2 N–H and O–H groups in total. The van der Waals surface area contributed by atoms with Crippen molar-refractivity contribution in [3.8, 4) is 0 Å². The zero-order valence-corrected chi connectivity index (χ0v) is 10.3. The van der Waals surface area contributed by atoms with Gasteiger partial charge in [-0.3, -0.25) is 4.79 Å². The molecule has 0 saturated carbocycles. The molecule has 0 atom stereocenters. The minimum atomic E-state index is -0.119. The lowest BCUT2D eigenvalue weighted by atomic mass is 10.1. The number of anilines is 1. The Morgan fingerprint density at radius 2 is 1.83 bits per heavy atom. The first-order chi connectivity index (χ1) is 8.66. The Balaban J connectivity index is 2.10. The third-order valence-corrected chi connectivity index (χ3v) is 2.75. The number of aryl methyl sites for hydroxylation is 1. The summed E-state index contributed by atoms with van der Waals surface area (Å²) in [6, 6.07) is 17.2. The van der Waals surface area contributed by atoms with E-state index < -0.39 is 0 Å². The molecule has 92 valence electrons. The fraction of sp³-hybridized carbons (Fsp3) is 0.133. The second-order valence-corrected chi connectivity index (χ2v) is 4.27. The van der Waals surface area contributed by atoms with Gasteiger partial charge in [0, 0.05) is 0 Å². The van der Waals surface area contributed by atoms with Gasteiger partial charge < -0.3 is 0 Å². The number of nitrogens with two attached hydrogens (primary N) is 1. The summed E-state index contributed by atoms with van der Waals surface area (Å²) in [7, 11) is 0. The number of hydrogen-bond acceptors (Lipinski definition) is 2. The summed E-state index contributed by atoms with van der Waals surface area (Å²) in [5.74, 6) is 5.72. The smallest absolute Gasteiger partial charge is 0.245 e. The topological polar surface area (TPSA) is 46.3 Å². The number of hydrogen-bond donors (Lipinski definition) is 1. The third-order valence-electron chi connectivity index (χ3n) is 2.75. The van der Waals surface area contributed by atoms with Gasteiger partial charge in [0.15, 0.2) is 0 Å². The maximum absolute atomic E-state index is 12.0. The zero-order valence-electron chi connectivity index (χ0n) is 10.3. The second kappa shape index (κ2) is 5.47. The van der Waals surface area contributed by atoms with Gasteiger partial charge in [-0.25, -0.2) is 10.9 Å². The van der Waals surface area contributed by atoms with Crippen LogP contribution in [0.1, 0.15) is 11.1 Å². The van der Waals surface area contributed by atoms with Gasteiger partial charge in [0.05, 0.1) is 12.1 Å². The number of carbonyl (C=O) groups is 1. The molecule has 0 fully saturated rings. The van der Waals surface area contributed by atoms with Crippen LogP contribution in [0.3, 0.4) is 0 Å². The Kier molecular flexibility index (Phi) is 3.75. The lowest BCUT2D eigenvalue weighted by Crippen LogP contribution is -2.38. The van der Waals surface area contributed by atoms with Gasteiger partial charge >= 0.3 is 0 Å². The van der Waals surface area contributed by atoms with Gasteiger partial charge in [0.25, 0.3) is 0 Å². The Hall–Kier alpha value is -2.13. The van der Waals surface area contributed by atoms with Crippen molar-refractivity contribution in [1.29, 1.82) is 0 Å². The Bertz CT molecular complexity index is 537. The highest BCUT2D eigenvalue weighted by atomic mass is 16.2. The molecule has 0 unspecified atom stereocenters. The first kappa shape index (κ1) is 12.3. The molecule has 0 radical (unpaired) electrons. The van der Waals surface area contributed by atoms with Gasteiger partial charge in [-0.05, 0) is 30.2 Å². The van der Waals surface area contributed by atoms with Crippen molar-refractivity contribution >= 4 is 11.6 Å². The predicted molar refractivity (Wildman–Crippen MR) is 73.0 cm³/mol. The van der Waals surface area contributed by atoms with Gasteiger partial charge in [-0.15, -0.1) is 0 Å². The van der Waals surface area contributed by atoms with Crippen molar-refractivity contribution in [2.75, 3.05) is 5.01 Å². The van der Waals surface area contributed by atoms with Crippen LogP contribution in [0.2, 0.25) is 0 Å². The molecule has 0 aromatic heterocycles. The molecule has 1 amide bonds. The molecule has 2 rings (SSSR count).